The summed E-state index contributed by atoms with van der Waals surface area (Å²) >= 11 is 0. The maximum Gasteiger partial charge on any atom is 0.255 e. The van der Waals surface area contributed by atoms with Gasteiger partial charge in [0.05, 0.1) is 37.0 Å². The van der Waals surface area contributed by atoms with Crippen molar-refractivity contribution in [3.8, 4) is 17.7 Å². The highest BCUT2D eigenvalue weighted by molar-refractivity contribution is 5.90. The summed E-state index contributed by atoms with van der Waals surface area (Å²) in [5, 5.41) is 34.8. The van der Waals surface area contributed by atoms with Crippen molar-refractivity contribution < 1.29 is 24.5 Å². The lowest BCUT2D eigenvalue weighted by molar-refractivity contribution is -0.168. The number of fused-ring (bicyclic) bond motifs is 1. The summed E-state index contributed by atoms with van der Waals surface area (Å²) in [7, 11) is 1.40. The molecule has 2 heterocycles. The van der Waals surface area contributed by atoms with Crippen LogP contribution in [0.25, 0.3) is 0 Å². The maximum absolute atomic E-state index is 12.6. The van der Waals surface area contributed by atoms with Gasteiger partial charge < -0.3 is 30.7 Å². The summed E-state index contributed by atoms with van der Waals surface area (Å²) in [5.74, 6) is -1.92. The zero-order chi connectivity index (χ0) is 22.3. The molecule has 3 unspecified atom stereocenters. The van der Waals surface area contributed by atoms with Crippen LogP contribution in [0.5, 0.6) is 11.6 Å². The Labute approximate surface area is 174 Å². The minimum atomic E-state index is -2.50. The van der Waals surface area contributed by atoms with E-state index in [1.807, 2.05) is 6.07 Å². The molecule has 5 N–H and O–H groups in total. The Bertz CT molecular complexity index is 1050. The average molecular weight is 412 g/mol. The van der Waals surface area contributed by atoms with Crippen molar-refractivity contribution >= 4 is 11.6 Å². The van der Waals surface area contributed by atoms with Gasteiger partial charge in [-0.1, -0.05) is 6.07 Å². The number of ether oxygens (including phenoxy) is 2. The van der Waals surface area contributed by atoms with Gasteiger partial charge in [0.25, 0.3) is 5.91 Å². The standard InChI is InChI=1S/C21H24N4O5/c1-5-30-18-15-16(13-7-6-12(9-22)8-14(13)29-4)21(28,19(23)26)20(3,27)25-17(15)11(2)10-24-18/h6-8,10,16,25,27-28H,5H2,1-4H3,(H2,23,26). The summed E-state index contributed by atoms with van der Waals surface area (Å²) < 4.78 is 11.1. The quantitative estimate of drug-likeness (QED) is 0.571. The lowest BCUT2D eigenvalue weighted by Gasteiger charge is -2.49. The fourth-order valence-corrected chi connectivity index (χ4v) is 3.90. The number of methoxy groups -OCH3 is 1. The molecule has 1 amide bonds. The van der Waals surface area contributed by atoms with Gasteiger partial charge in [0.1, 0.15) is 5.75 Å². The summed E-state index contributed by atoms with van der Waals surface area (Å²) in [6, 6.07) is 6.58. The zero-order valence-electron chi connectivity index (χ0n) is 17.2. The van der Waals surface area contributed by atoms with E-state index in [9.17, 15) is 20.3 Å². The fourth-order valence-electron chi connectivity index (χ4n) is 3.90. The highest BCUT2D eigenvalue weighted by Crippen LogP contribution is 2.53. The van der Waals surface area contributed by atoms with Crippen molar-refractivity contribution in [3.63, 3.8) is 0 Å². The topological polar surface area (TPSA) is 151 Å². The molecule has 0 saturated carbocycles. The van der Waals surface area contributed by atoms with Gasteiger partial charge in [-0.15, -0.1) is 0 Å². The van der Waals surface area contributed by atoms with Crippen LogP contribution in [-0.2, 0) is 4.79 Å². The first-order valence-electron chi connectivity index (χ1n) is 9.35. The maximum atomic E-state index is 12.6. The molecule has 9 heteroatoms. The van der Waals surface area contributed by atoms with Gasteiger partial charge in [0.2, 0.25) is 11.5 Å². The van der Waals surface area contributed by atoms with Crippen LogP contribution >= 0.6 is 0 Å². The number of anilines is 1. The Balaban J connectivity index is 2.45. The summed E-state index contributed by atoms with van der Waals surface area (Å²) in [4.78, 5) is 16.9. The first kappa shape index (κ1) is 21.4. The van der Waals surface area contributed by atoms with Crippen LogP contribution < -0.4 is 20.5 Å². The van der Waals surface area contributed by atoms with Crippen molar-refractivity contribution in [3.05, 3.63) is 46.6 Å². The molecule has 0 bridgehead atoms. The molecule has 0 saturated heterocycles. The SMILES string of the molecule is CCOc1ncc(C)c2c1C(c1ccc(C#N)cc1OC)C(O)(C(N)=O)C(C)(O)N2. The van der Waals surface area contributed by atoms with E-state index in [1.165, 1.54) is 26.2 Å². The van der Waals surface area contributed by atoms with E-state index in [-0.39, 0.29) is 18.2 Å². The van der Waals surface area contributed by atoms with Gasteiger partial charge >= 0.3 is 0 Å². The van der Waals surface area contributed by atoms with E-state index in [0.29, 0.717) is 27.9 Å². The van der Waals surface area contributed by atoms with E-state index >= 15 is 0 Å². The van der Waals surface area contributed by atoms with Gasteiger partial charge in [-0.3, -0.25) is 4.79 Å². The van der Waals surface area contributed by atoms with E-state index < -0.39 is 23.2 Å². The number of carbonyl (C=O) groups excluding carboxylic acids is 1. The molecule has 30 heavy (non-hydrogen) atoms. The Hall–Kier alpha value is -3.35. The molecule has 2 aromatic rings. The number of benzene rings is 1. The molecular formula is C21H24N4O5. The molecule has 0 aliphatic carbocycles. The van der Waals surface area contributed by atoms with Crippen LogP contribution in [0.4, 0.5) is 5.69 Å². The molecule has 0 fully saturated rings. The number of amides is 1. The van der Waals surface area contributed by atoms with Crippen molar-refractivity contribution in [2.45, 2.75) is 38.0 Å². The molecule has 1 aliphatic rings. The number of aryl methyl sites for hydroxylation is 1. The van der Waals surface area contributed by atoms with Crippen LogP contribution in [0.3, 0.4) is 0 Å². The largest absolute Gasteiger partial charge is 0.496 e. The van der Waals surface area contributed by atoms with Gasteiger partial charge in [-0.2, -0.15) is 5.26 Å². The molecule has 1 aromatic heterocycles. The highest BCUT2D eigenvalue weighted by Gasteiger charge is 2.62. The molecule has 0 spiro atoms. The van der Waals surface area contributed by atoms with E-state index in [0.717, 1.165) is 0 Å². The second-order valence-corrected chi connectivity index (χ2v) is 7.30. The number of rotatable bonds is 5. The second-order valence-electron chi connectivity index (χ2n) is 7.30. The number of carbonyl (C=O) groups is 1. The molecule has 9 nitrogen and oxygen atoms in total. The van der Waals surface area contributed by atoms with Gasteiger partial charge in [-0.25, -0.2) is 4.98 Å². The van der Waals surface area contributed by atoms with Gasteiger partial charge in [-0.05, 0) is 38.5 Å². The fraction of sp³-hybridized carbons (Fsp3) is 0.381. The molecule has 0 radical (unpaired) electrons. The molecule has 158 valence electrons. The van der Waals surface area contributed by atoms with Crippen LogP contribution in [0.1, 0.15) is 42.0 Å². The first-order valence-corrected chi connectivity index (χ1v) is 9.35. The minimum Gasteiger partial charge on any atom is -0.496 e. The number of nitrogens with zero attached hydrogens (tertiary/aromatic N) is 2. The van der Waals surface area contributed by atoms with E-state index in [2.05, 4.69) is 10.3 Å². The Morgan fingerprint density at radius 1 is 1.43 bits per heavy atom. The summed E-state index contributed by atoms with van der Waals surface area (Å²) in [6.45, 7) is 5.10. The van der Waals surface area contributed by atoms with Gasteiger partial charge in [0, 0.05) is 17.3 Å². The number of nitrogens with two attached hydrogens (primary N) is 1. The third-order valence-electron chi connectivity index (χ3n) is 5.42. The van der Waals surface area contributed by atoms with Crippen LogP contribution in [-0.4, -0.2) is 46.1 Å². The van der Waals surface area contributed by atoms with Crippen LogP contribution in [0.2, 0.25) is 0 Å². The third-order valence-corrected chi connectivity index (χ3v) is 5.42. The van der Waals surface area contributed by atoms with Crippen molar-refractivity contribution in [1.82, 2.24) is 4.98 Å². The number of nitrogens with one attached hydrogen (secondary N) is 1. The number of aliphatic hydroxyl groups is 2. The molecule has 1 aliphatic heterocycles. The molecule has 1 aromatic carbocycles. The number of pyridine rings is 1. The Morgan fingerprint density at radius 3 is 2.70 bits per heavy atom. The number of primary amides is 1. The zero-order valence-corrected chi connectivity index (χ0v) is 17.2. The lowest BCUT2D eigenvalue weighted by Crippen LogP contribution is -2.69. The predicted octanol–water partition coefficient (Wildman–Crippen LogP) is 1.15. The third kappa shape index (κ3) is 3.01. The smallest absolute Gasteiger partial charge is 0.255 e. The second kappa shape index (κ2) is 7.48. The normalized spacial score (nSPS) is 24.9. The predicted molar refractivity (Wildman–Crippen MR) is 108 cm³/mol. The van der Waals surface area contributed by atoms with Crippen molar-refractivity contribution in [2.75, 3.05) is 19.0 Å². The molecule has 3 atom stereocenters. The number of nitriles is 1. The van der Waals surface area contributed by atoms with E-state index in [4.69, 9.17) is 15.2 Å². The Morgan fingerprint density at radius 2 is 2.13 bits per heavy atom. The monoisotopic (exact) mass is 412 g/mol. The summed E-state index contributed by atoms with van der Waals surface area (Å²) in [5.41, 5.74) is 3.14. The minimum absolute atomic E-state index is 0.178. The molecule has 3 rings (SSSR count). The number of hydrogen-bond acceptors (Lipinski definition) is 8. The molecular weight excluding hydrogens is 388 g/mol. The van der Waals surface area contributed by atoms with E-state index in [1.54, 1.807) is 26.1 Å². The highest BCUT2D eigenvalue weighted by atomic mass is 16.5. The average Bonchev–Trinajstić information content (AvgIpc) is 2.71. The number of hydrogen-bond donors (Lipinski definition) is 4. The first-order chi connectivity index (χ1) is 14.1. The Kier molecular flexibility index (Phi) is 5.33. The van der Waals surface area contributed by atoms with Crippen molar-refractivity contribution in [1.29, 1.82) is 5.26 Å². The van der Waals surface area contributed by atoms with Crippen LogP contribution in [0, 0.1) is 18.3 Å². The summed E-state index contributed by atoms with van der Waals surface area (Å²) in [6.07, 6.45) is 1.56. The van der Waals surface area contributed by atoms with Crippen LogP contribution in [0.15, 0.2) is 24.4 Å². The lowest BCUT2D eigenvalue weighted by atomic mass is 9.68. The van der Waals surface area contributed by atoms with Crippen molar-refractivity contribution in [2.24, 2.45) is 5.73 Å². The van der Waals surface area contributed by atoms with Gasteiger partial charge in [0.15, 0.2) is 5.72 Å². The number of aromatic nitrogens is 1.